The van der Waals surface area contributed by atoms with Crippen LogP contribution < -0.4 is 9.47 Å². The summed E-state index contributed by atoms with van der Waals surface area (Å²) in [6.07, 6.45) is 3.04. The van der Waals surface area contributed by atoms with Crippen LogP contribution >= 0.6 is 47.8 Å². The number of alkyl halides is 2. The van der Waals surface area contributed by atoms with E-state index in [1.54, 1.807) is 7.11 Å². The fourth-order valence-electron chi connectivity index (χ4n) is 6.03. The summed E-state index contributed by atoms with van der Waals surface area (Å²) in [5.41, 5.74) is 3.62. The van der Waals surface area contributed by atoms with Gasteiger partial charge in [0.2, 0.25) is 5.79 Å². The molecule has 5 atom stereocenters. The third kappa shape index (κ3) is 1.94. The van der Waals surface area contributed by atoms with Crippen molar-refractivity contribution < 1.29 is 18.9 Å². The molecule has 6 rings (SSSR count). The lowest BCUT2D eigenvalue weighted by molar-refractivity contribution is -0.221. The molecule has 5 nitrogen and oxygen atoms in total. The van der Waals surface area contributed by atoms with Crippen molar-refractivity contribution in [1.29, 1.82) is 0 Å². The average molecular weight is 578 g/mol. The van der Waals surface area contributed by atoms with Crippen molar-refractivity contribution in [2.45, 2.75) is 39.4 Å². The van der Waals surface area contributed by atoms with Crippen LogP contribution in [0.15, 0.2) is 22.2 Å². The molecule has 2 unspecified atom stereocenters. The van der Waals surface area contributed by atoms with Gasteiger partial charge >= 0.3 is 0 Å². The van der Waals surface area contributed by atoms with E-state index in [1.165, 1.54) is 16.7 Å². The number of likely N-dealkylation sites (N-methyl/N-ethyl adjacent to an activating group) is 1. The second-order valence-electron chi connectivity index (χ2n) is 8.17. The number of hydrogen-bond donors (Lipinski definition) is 0. The molecule has 1 aromatic carbocycles. The summed E-state index contributed by atoms with van der Waals surface area (Å²) in [5, 5.41) is 0. The van der Waals surface area contributed by atoms with Gasteiger partial charge in [-0.3, -0.25) is 4.90 Å². The highest BCUT2D eigenvalue weighted by Gasteiger charge is 2.72. The van der Waals surface area contributed by atoms with Gasteiger partial charge in [-0.15, -0.1) is 0 Å². The second kappa shape index (κ2) is 5.98. The van der Waals surface area contributed by atoms with Crippen molar-refractivity contribution in [2.24, 2.45) is 0 Å². The first-order chi connectivity index (χ1) is 13.5. The van der Waals surface area contributed by atoms with E-state index in [-0.39, 0.29) is 27.2 Å². The van der Waals surface area contributed by atoms with E-state index in [9.17, 15) is 0 Å². The molecule has 0 saturated carbocycles. The Hall–Kier alpha value is -0.120. The first-order valence-corrected chi connectivity index (χ1v) is 12.1. The number of fused-ring (bicyclic) bond motifs is 1. The van der Waals surface area contributed by atoms with Crippen LogP contribution in [0.4, 0.5) is 0 Å². The summed E-state index contributed by atoms with van der Waals surface area (Å²) in [4.78, 5) is 2.53. The first-order valence-electron chi connectivity index (χ1n) is 9.51. The van der Waals surface area contributed by atoms with E-state index in [0.717, 1.165) is 28.9 Å². The standard InChI is InChI=1S/C20H20Br3NO4/c1-24-4-3-19-9-7-12(22)20(26-5-6-27-20)18(19)28-17-11(25-2)8-10(21)13(14(17)19)15(23)16(9)24/h7-8,12,15-16,18H,3-6H2,1-2H3/t12?,15?,16-,18+,19-/m0/s1. The fraction of sp³-hybridized carbons (Fsp3) is 0.600. The number of benzene rings is 1. The van der Waals surface area contributed by atoms with Crippen LogP contribution in [-0.4, -0.2) is 61.6 Å². The fourth-order valence-corrected chi connectivity index (χ4v) is 8.94. The minimum Gasteiger partial charge on any atom is -0.493 e. The van der Waals surface area contributed by atoms with E-state index in [4.69, 9.17) is 18.9 Å². The molecular formula is C20H20Br3NO4. The molecule has 0 aromatic heterocycles. The molecule has 8 heteroatoms. The SMILES string of the molecule is COc1cc(Br)c2c3c1O[C@H]1C4(OCCO4)C(Br)C=C4[C@@H](C2Br)N(C)CC[C@]431. The van der Waals surface area contributed by atoms with Gasteiger partial charge in [-0.1, -0.05) is 53.9 Å². The van der Waals surface area contributed by atoms with Gasteiger partial charge in [0.25, 0.3) is 0 Å². The Morgan fingerprint density at radius 3 is 2.71 bits per heavy atom. The molecular weight excluding hydrogens is 558 g/mol. The predicted molar refractivity (Wildman–Crippen MR) is 115 cm³/mol. The number of likely N-dealkylation sites (tertiary alicyclic amines) is 1. The second-order valence-corrected chi connectivity index (χ2v) is 11.0. The molecule has 3 heterocycles. The minimum atomic E-state index is -0.823. The van der Waals surface area contributed by atoms with Crippen LogP contribution in [0.2, 0.25) is 0 Å². The van der Waals surface area contributed by atoms with Gasteiger partial charge in [-0.2, -0.15) is 0 Å². The summed E-state index contributed by atoms with van der Waals surface area (Å²) in [6, 6.07) is 2.27. The van der Waals surface area contributed by atoms with Gasteiger partial charge in [-0.25, -0.2) is 0 Å². The molecule has 28 heavy (non-hydrogen) atoms. The molecule has 2 aliphatic carbocycles. The van der Waals surface area contributed by atoms with Crippen molar-refractivity contribution in [3.63, 3.8) is 0 Å². The Bertz CT molecular complexity index is 915. The summed E-state index contributed by atoms with van der Waals surface area (Å²) >= 11 is 11.7. The van der Waals surface area contributed by atoms with Crippen molar-refractivity contribution in [2.75, 3.05) is 33.9 Å². The summed E-state index contributed by atoms with van der Waals surface area (Å²) < 4.78 is 26.1. The number of piperidine rings is 1. The van der Waals surface area contributed by atoms with Gasteiger partial charge < -0.3 is 18.9 Å². The number of hydrogen-bond acceptors (Lipinski definition) is 5. The molecule has 0 N–H and O–H groups in total. The molecule has 2 spiro atoms. The maximum atomic E-state index is 6.74. The largest absolute Gasteiger partial charge is 0.493 e. The molecule has 1 aromatic rings. The molecule has 3 aliphatic heterocycles. The van der Waals surface area contributed by atoms with Crippen LogP contribution in [0.3, 0.4) is 0 Å². The van der Waals surface area contributed by atoms with Crippen molar-refractivity contribution in [1.82, 2.24) is 4.90 Å². The van der Waals surface area contributed by atoms with Crippen LogP contribution in [0.1, 0.15) is 22.4 Å². The van der Waals surface area contributed by atoms with Gasteiger partial charge in [0.05, 0.1) is 35.4 Å². The highest BCUT2D eigenvalue weighted by molar-refractivity contribution is 9.11. The van der Waals surface area contributed by atoms with Crippen LogP contribution in [0, 0.1) is 0 Å². The highest BCUT2D eigenvalue weighted by atomic mass is 79.9. The Balaban J connectivity index is 1.72. The van der Waals surface area contributed by atoms with E-state index < -0.39 is 5.79 Å². The minimum absolute atomic E-state index is 0.0744. The lowest BCUT2D eigenvalue weighted by atomic mass is 9.55. The molecule has 5 aliphatic rings. The van der Waals surface area contributed by atoms with E-state index in [1.807, 2.05) is 6.07 Å². The number of ether oxygens (including phenoxy) is 4. The number of nitrogens with zero attached hydrogens (tertiary/aromatic N) is 1. The molecule has 0 radical (unpaired) electrons. The molecule has 2 bridgehead atoms. The summed E-state index contributed by atoms with van der Waals surface area (Å²) in [6.45, 7) is 2.14. The lowest BCUT2D eigenvalue weighted by Gasteiger charge is -2.58. The van der Waals surface area contributed by atoms with Crippen molar-refractivity contribution in [3.05, 3.63) is 33.3 Å². The molecule has 0 amide bonds. The molecule has 2 fully saturated rings. The van der Waals surface area contributed by atoms with Crippen molar-refractivity contribution in [3.8, 4) is 11.5 Å². The van der Waals surface area contributed by atoms with Crippen molar-refractivity contribution >= 4 is 47.8 Å². The number of methoxy groups -OCH3 is 1. The highest BCUT2D eigenvalue weighted by Crippen LogP contribution is 2.69. The average Bonchev–Trinajstić information content (AvgIpc) is 3.28. The lowest BCUT2D eigenvalue weighted by Crippen LogP contribution is -2.68. The zero-order valence-electron chi connectivity index (χ0n) is 15.5. The van der Waals surface area contributed by atoms with E-state index in [0.29, 0.717) is 13.2 Å². The summed E-state index contributed by atoms with van der Waals surface area (Å²) in [5.74, 6) is 0.769. The van der Waals surface area contributed by atoms with E-state index in [2.05, 4.69) is 65.8 Å². The maximum Gasteiger partial charge on any atom is 0.223 e. The van der Waals surface area contributed by atoms with Gasteiger partial charge in [0, 0.05) is 16.1 Å². The Kier molecular flexibility index (Phi) is 3.98. The molecule has 2 saturated heterocycles. The Morgan fingerprint density at radius 2 is 2.00 bits per heavy atom. The predicted octanol–water partition coefficient (Wildman–Crippen LogP) is 4.06. The smallest absolute Gasteiger partial charge is 0.223 e. The Labute approximate surface area is 189 Å². The topological polar surface area (TPSA) is 40.2 Å². The monoisotopic (exact) mass is 575 g/mol. The number of halogens is 3. The maximum absolute atomic E-state index is 6.74. The van der Waals surface area contributed by atoms with Gasteiger partial charge in [0.15, 0.2) is 17.6 Å². The van der Waals surface area contributed by atoms with Crippen LogP contribution in [0.5, 0.6) is 11.5 Å². The summed E-state index contributed by atoms with van der Waals surface area (Å²) in [7, 11) is 3.90. The first kappa shape index (κ1) is 18.6. The zero-order chi connectivity index (χ0) is 19.4. The molecule has 150 valence electrons. The van der Waals surface area contributed by atoms with Gasteiger partial charge in [-0.05, 0) is 37.2 Å². The number of rotatable bonds is 1. The van der Waals surface area contributed by atoms with Crippen LogP contribution in [0.25, 0.3) is 0 Å². The normalized spacial score (nSPS) is 39.5. The van der Waals surface area contributed by atoms with E-state index >= 15 is 0 Å². The third-order valence-corrected chi connectivity index (χ3v) is 9.64. The Morgan fingerprint density at radius 1 is 1.25 bits per heavy atom. The third-order valence-electron chi connectivity index (χ3n) is 7.12. The quantitative estimate of drug-likeness (QED) is 0.372. The van der Waals surface area contributed by atoms with Crippen LogP contribution in [-0.2, 0) is 14.9 Å². The zero-order valence-corrected chi connectivity index (χ0v) is 20.3. The van der Waals surface area contributed by atoms with Gasteiger partial charge in [0.1, 0.15) is 0 Å².